The Morgan fingerprint density at radius 1 is 1.32 bits per heavy atom. The molecular weight excluding hydrogens is 306 g/mol. The summed E-state index contributed by atoms with van der Waals surface area (Å²) in [6.45, 7) is 0. The molecule has 0 spiro atoms. The number of nitrogens with zero attached hydrogens (tertiary/aromatic N) is 3. The zero-order chi connectivity index (χ0) is 15.7. The van der Waals surface area contributed by atoms with Gasteiger partial charge in [0.05, 0.1) is 10.6 Å². The SMILES string of the molecule is CNc1nc(Nc2cc(Cl)ccc2[N+](=O)[O-])cc(C2CC2)n1. The third kappa shape index (κ3) is 3.09. The Morgan fingerprint density at radius 2 is 2.09 bits per heavy atom. The summed E-state index contributed by atoms with van der Waals surface area (Å²) >= 11 is 5.93. The second-order valence-corrected chi connectivity index (χ2v) is 5.51. The van der Waals surface area contributed by atoms with Crippen molar-refractivity contribution in [3.8, 4) is 0 Å². The molecule has 0 aliphatic heterocycles. The number of nitrogens with one attached hydrogen (secondary N) is 2. The van der Waals surface area contributed by atoms with Gasteiger partial charge in [-0.15, -0.1) is 0 Å². The normalized spacial score (nSPS) is 13.7. The van der Waals surface area contributed by atoms with Crippen molar-refractivity contribution < 1.29 is 4.92 Å². The van der Waals surface area contributed by atoms with E-state index < -0.39 is 4.92 Å². The lowest BCUT2D eigenvalue weighted by molar-refractivity contribution is -0.383. The molecule has 0 bridgehead atoms. The number of rotatable bonds is 5. The Kier molecular flexibility index (Phi) is 3.81. The van der Waals surface area contributed by atoms with Crippen LogP contribution in [0.3, 0.4) is 0 Å². The van der Waals surface area contributed by atoms with Crippen molar-refractivity contribution in [1.82, 2.24) is 9.97 Å². The first-order valence-electron chi connectivity index (χ1n) is 6.84. The van der Waals surface area contributed by atoms with Crippen LogP contribution in [0.25, 0.3) is 0 Å². The highest BCUT2D eigenvalue weighted by Crippen LogP contribution is 2.40. The molecule has 3 rings (SSSR count). The first kappa shape index (κ1) is 14.5. The van der Waals surface area contributed by atoms with E-state index in [4.69, 9.17) is 11.6 Å². The van der Waals surface area contributed by atoms with E-state index in [1.54, 1.807) is 7.05 Å². The number of nitro benzene ring substituents is 1. The number of hydrogen-bond donors (Lipinski definition) is 2. The lowest BCUT2D eigenvalue weighted by Crippen LogP contribution is -2.04. The second kappa shape index (κ2) is 5.76. The first-order valence-corrected chi connectivity index (χ1v) is 7.22. The number of nitro groups is 1. The molecule has 2 aromatic rings. The van der Waals surface area contributed by atoms with E-state index in [0.29, 0.717) is 28.4 Å². The molecular formula is C14H14ClN5O2. The third-order valence-corrected chi connectivity index (χ3v) is 3.62. The van der Waals surface area contributed by atoms with Crippen LogP contribution in [0.5, 0.6) is 0 Å². The molecule has 1 aliphatic rings. The molecule has 0 radical (unpaired) electrons. The maximum atomic E-state index is 11.1. The highest BCUT2D eigenvalue weighted by atomic mass is 35.5. The maximum absolute atomic E-state index is 11.1. The molecule has 0 saturated heterocycles. The Labute approximate surface area is 131 Å². The van der Waals surface area contributed by atoms with Crippen LogP contribution < -0.4 is 10.6 Å². The average Bonchev–Trinajstić information content (AvgIpc) is 3.31. The quantitative estimate of drug-likeness (QED) is 0.644. The molecule has 0 unspecified atom stereocenters. The van der Waals surface area contributed by atoms with Gasteiger partial charge in [0, 0.05) is 30.1 Å². The minimum Gasteiger partial charge on any atom is -0.357 e. The van der Waals surface area contributed by atoms with Gasteiger partial charge in [-0.2, -0.15) is 4.98 Å². The summed E-state index contributed by atoms with van der Waals surface area (Å²) in [7, 11) is 1.73. The van der Waals surface area contributed by atoms with Gasteiger partial charge < -0.3 is 10.6 Å². The number of aromatic nitrogens is 2. The van der Waals surface area contributed by atoms with E-state index in [-0.39, 0.29) is 5.69 Å². The summed E-state index contributed by atoms with van der Waals surface area (Å²) in [5, 5.41) is 17.4. The molecule has 1 saturated carbocycles. The van der Waals surface area contributed by atoms with E-state index in [1.807, 2.05) is 6.07 Å². The summed E-state index contributed by atoms with van der Waals surface area (Å²) in [4.78, 5) is 19.3. The molecule has 1 aliphatic carbocycles. The highest BCUT2D eigenvalue weighted by Gasteiger charge is 2.26. The van der Waals surface area contributed by atoms with E-state index in [0.717, 1.165) is 18.5 Å². The van der Waals surface area contributed by atoms with E-state index in [9.17, 15) is 10.1 Å². The van der Waals surface area contributed by atoms with Gasteiger partial charge >= 0.3 is 0 Å². The van der Waals surface area contributed by atoms with Gasteiger partial charge in [-0.25, -0.2) is 4.98 Å². The molecule has 1 aromatic heterocycles. The van der Waals surface area contributed by atoms with Crippen LogP contribution in [-0.2, 0) is 0 Å². The summed E-state index contributed by atoms with van der Waals surface area (Å²) in [6.07, 6.45) is 2.22. The van der Waals surface area contributed by atoms with Gasteiger partial charge in [-0.05, 0) is 25.0 Å². The van der Waals surface area contributed by atoms with Crippen molar-refractivity contribution in [2.45, 2.75) is 18.8 Å². The first-order chi connectivity index (χ1) is 10.6. The van der Waals surface area contributed by atoms with Gasteiger partial charge in [0.15, 0.2) is 0 Å². The summed E-state index contributed by atoms with van der Waals surface area (Å²) in [6, 6.07) is 6.19. The lowest BCUT2D eigenvalue weighted by atomic mass is 10.2. The monoisotopic (exact) mass is 319 g/mol. The highest BCUT2D eigenvalue weighted by molar-refractivity contribution is 6.31. The van der Waals surface area contributed by atoms with Crippen LogP contribution in [0.4, 0.5) is 23.1 Å². The molecule has 1 aromatic carbocycles. The van der Waals surface area contributed by atoms with Gasteiger partial charge in [0.2, 0.25) is 5.95 Å². The van der Waals surface area contributed by atoms with Gasteiger partial charge in [-0.1, -0.05) is 11.6 Å². The molecule has 7 nitrogen and oxygen atoms in total. The molecule has 8 heteroatoms. The minimum atomic E-state index is -0.458. The van der Waals surface area contributed by atoms with Crippen molar-refractivity contribution >= 4 is 34.7 Å². The molecule has 1 heterocycles. The van der Waals surface area contributed by atoms with Crippen LogP contribution in [0, 0.1) is 10.1 Å². The van der Waals surface area contributed by atoms with Crippen molar-refractivity contribution in [1.29, 1.82) is 0 Å². The van der Waals surface area contributed by atoms with Crippen molar-refractivity contribution in [2.24, 2.45) is 0 Å². The van der Waals surface area contributed by atoms with Crippen molar-refractivity contribution in [3.63, 3.8) is 0 Å². The Morgan fingerprint density at radius 3 is 2.73 bits per heavy atom. The van der Waals surface area contributed by atoms with E-state index in [2.05, 4.69) is 20.6 Å². The minimum absolute atomic E-state index is 0.0537. The lowest BCUT2D eigenvalue weighted by Gasteiger charge is -2.10. The predicted octanol–water partition coefficient (Wildman–Crippen LogP) is 3.70. The zero-order valence-electron chi connectivity index (χ0n) is 11.8. The maximum Gasteiger partial charge on any atom is 0.292 e. The number of benzene rings is 1. The fourth-order valence-corrected chi connectivity index (χ4v) is 2.31. The predicted molar refractivity (Wildman–Crippen MR) is 84.9 cm³/mol. The van der Waals surface area contributed by atoms with Crippen LogP contribution in [0.2, 0.25) is 5.02 Å². The fraction of sp³-hybridized carbons (Fsp3) is 0.286. The van der Waals surface area contributed by atoms with Crippen molar-refractivity contribution in [3.05, 3.63) is 45.1 Å². The molecule has 0 amide bonds. The van der Waals surface area contributed by atoms with Crippen molar-refractivity contribution in [2.75, 3.05) is 17.7 Å². The van der Waals surface area contributed by atoms with E-state index in [1.165, 1.54) is 18.2 Å². The van der Waals surface area contributed by atoms with Gasteiger partial charge in [0.25, 0.3) is 5.69 Å². The molecule has 114 valence electrons. The Bertz CT molecular complexity index is 733. The smallest absolute Gasteiger partial charge is 0.292 e. The average molecular weight is 320 g/mol. The number of hydrogen-bond acceptors (Lipinski definition) is 6. The Hall–Kier alpha value is -2.41. The second-order valence-electron chi connectivity index (χ2n) is 5.07. The van der Waals surface area contributed by atoms with Crippen LogP contribution >= 0.6 is 11.6 Å². The third-order valence-electron chi connectivity index (χ3n) is 3.38. The molecule has 22 heavy (non-hydrogen) atoms. The summed E-state index contributed by atoms with van der Waals surface area (Å²) < 4.78 is 0. The summed E-state index contributed by atoms with van der Waals surface area (Å²) in [5.74, 6) is 1.44. The molecule has 1 fully saturated rings. The Balaban J connectivity index is 1.97. The number of halogens is 1. The largest absolute Gasteiger partial charge is 0.357 e. The van der Waals surface area contributed by atoms with Gasteiger partial charge in [-0.3, -0.25) is 10.1 Å². The van der Waals surface area contributed by atoms with E-state index >= 15 is 0 Å². The fourth-order valence-electron chi connectivity index (χ4n) is 2.14. The molecule has 0 atom stereocenters. The number of anilines is 3. The van der Waals surface area contributed by atoms with Gasteiger partial charge in [0.1, 0.15) is 11.5 Å². The van der Waals surface area contributed by atoms with Crippen LogP contribution in [0.15, 0.2) is 24.3 Å². The summed E-state index contributed by atoms with van der Waals surface area (Å²) in [5.41, 5.74) is 1.19. The topological polar surface area (TPSA) is 93.0 Å². The standard InChI is InChI=1S/C14H14ClN5O2/c1-16-14-18-10(8-2-3-8)7-13(19-14)17-11-6-9(15)4-5-12(11)20(21)22/h4-8H,2-3H2,1H3,(H2,16,17,18,19). The van der Waals surface area contributed by atoms with Crippen LogP contribution in [0.1, 0.15) is 24.5 Å². The zero-order valence-corrected chi connectivity index (χ0v) is 12.6. The molecule has 2 N–H and O–H groups in total. The van der Waals surface area contributed by atoms with Crippen LogP contribution in [-0.4, -0.2) is 21.9 Å².